The maximum absolute atomic E-state index is 13.5. The van der Waals surface area contributed by atoms with Gasteiger partial charge in [0.1, 0.15) is 17.9 Å². The highest BCUT2D eigenvalue weighted by Crippen LogP contribution is 2.45. The van der Waals surface area contributed by atoms with Gasteiger partial charge in [-0.2, -0.15) is 0 Å². The number of imide groups is 1. The molecule has 1 aliphatic rings. The average molecular weight is 430 g/mol. The Kier molecular flexibility index (Phi) is 6.26. The minimum absolute atomic E-state index is 0.0381. The summed E-state index contributed by atoms with van der Waals surface area (Å²) >= 11 is 0. The summed E-state index contributed by atoms with van der Waals surface area (Å²) in [6.07, 6.45) is 0.929. The molecule has 2 amide bonds. The van der Waals surface area contributed by atoms with E-state index in [9.17, 15) is 9.59 Å². The van der Waals surface area contributed by atoms with Crippen LogP contribution in [0.1, 0.15) is 35.6 Å². The topological polar surface area (TPSA) is 55.8 Å². The fourth-order valence-corrected chi connectivity index (χ4v) is 4.35. The molecule has 0 spiro atoms. The van der Waals surface area contributed by atoms with Crippen LogP contribution in [0.15, 0.2) is 78.9 Å². The summed E-state index contributed by atoms with van der Waals surface area (Å²) in [5, 5.41) is 0. The lowest BCUT2D eigenvalue weighted by Crippen LogP contribution is -2.49. The van der Waals surface area contributed by atoms with Gasteiger partial charge >= 0.3 is 6.09 Å². The molecule has 1 heterocycles. The largest absolute Gasteiger partial charge is 0.496 e. The van der Waals surface area contributed by atoms with Crippen molar-refractivity contribution in [1.82, 2.24) is 4.90 Å². The molecule has 5 nitrogen and oxygen atoms in total. The monoisotopic (exact) mass is 429 g/mol. The second kappa shape index (κ2) is 9.27. The molecule has 3 aromatic carbocycles. The Balaban J connectivity index is 1.82. The first kappa shape index (κ1) is 21.6. The van der Waals surface area contributed by atoms with E-state index in [2.05, 4.69) is 6.92 Å². The van der Waals surface area contributed by atoms with Crippen LogP contribution in [0.5, 0.6) is 5.75 Å². The number of nitrogens with zero attached hydrogens (tertiary/aromatic N) is 1. The van der Waals surface area contributed by atoms with Crippen molar-refractivity contribution in [3.63, 3.8) is 0 Å². The Morgan fingerprint density at radius 3 is 2.34 bits per heavy atom. The summed E-state index contributed by atoms with van der Waals surface area (Å²) < 4.78 is 11.2. The Labute approximate surface area is 188 Å². The first-order chi connectivity index (χ1) is 15.6. The molecular weight excluding hydrogens is 402 g/mol. The molecule has 0 N–H and O–H groups in total. The molecule has 0 unspecified atom stereocenters. The minimum atomic E-state index is -1.09. The van der Waals surface area contributed by atoms with E-state index in [4.69, 9.17) is 9.47 Å². The maximum atomic E-state index is 13.5. The quantitative estimate of drug-likeness (QED) is 0.524. The van der Waals surface area contributed by atoms with E-state index in [-0.39, 0.29) is 18.9 Å². The molecule has 5 heteroatoms. The second-order valence-electron chi connectivity index (χ2n) is 7.88. The molecule has 3 aromatic rings. The zero-order valence-electron chi connectivity index (χ0n) is 18.4. The molecule has 1 atom stereocenters. The van der Waals surface area contributed by atoms with E-state index in [0.717, 1.165) is 28.7 Å². The third kappa shape index (κ3) is 3.86. The van der Waals surface area contributed by atoms with Crippen molar-refractivity contribution in [3.8, 4) is 5.75 Å². The normalized spacial score (nSPS) is 17.8. The smallest absolute Gasteiger partial charge is 0.417 e. The summed E-state index contributed by atoms with van der Waals surface area (Å²) in [7, 11) is 1.60. The number of methoxy groups -OCH3 is 1. The predicted octanol–water partition coefficient (Wildman–Crippen LogP) is 5.11. The molecular formula is C27H27NO4. The van der Waals surface area contributed by atoms with Crippen LogP contribution < -0.4 is 4.74 Å². The molecule has 32 heavy (non-hydrogen) atoms. The van der Waals surface area contributed by atoms with Gasteiger partial charge < -0.3 is 9.47 Å². The minimum Gasteiger partial charge on any atom is -0.496 e. The summed E-state index contributed by atoms with van der Waals surface area (Å²) in [6.45, 7) is 2.11. The van der Waals surface area contributed by atoms with Crippen LogP contribution in [-0.4, -0.2) is 30.6 Å². The molecule has 1 saturated heterocycles. The number of ether oxygens (including phenoxy) is 2. The average Bonchev–Trinajstić information content (AvgIpc) is 3.21. The van der Waals surface area contributed by atoms with Gasteiger partial charge in [-0.05, 0) is 41.7 Å². The van der Waals surface area contributed by atoms with E-state index in [1.54, 1.807) is 7.11 Å². The van der Waals surface area contributed by atoms with Gasteiger partial charge in [-0.3, -0.25) is 4.79 Å². The van der Waals surface area contributed by atoms with Crippen molar-refractivity contribution in [1.29, 1.82) is 0 Å². The lowest BCUT2D eigenvalue weighted by atomic mass is 9.80. The maximum Gasteiger partial charge on any atom is 0.417 e. The second-order valence-corrected chi connectivity index (χ2v) is 7.88. The first-order valence-corrected chi connectivity index (χ1v) is 10.9. The molecule has 0 radical (unpaired) electrons. The Bertz CT molecular complexity index is 1100. The fourth-order valence-electron chi connectivity index (χ4n) is 4.35. The zero-order chi connectivity index (χ0) is 22.6. The lowest BCUT2D eigenvalue weighted by molar-refractivity contribution is -0.131. The first-order valence-electron chi connectivity index (χ1n) is 10.9. The number of aryl methyl sites for hydroxylation is 2. The van der Waals surface area contributed by atoms with Gasteiger partial charge in [0.2, 0.25) is 5.91 Å². The number of cyclic esters (lactones) is 1. The van der Waals surface area contributed by atoms with Crippen molar-refractivity contribution in [2.75, 3.05) is 13.7 Å². The van der Waals surface area contributed by atoms with E-state index in [1.165, 1.54) is 4.90 Å². The number of hydrogen-bond acceptors (Lipinski definition) is 4. The lowest BCUT2D eigenvalue weighted by Gasteiger charge is -2.36. The fraction of sp³-hybridized carbons (Fsp3) is 0.259. The van der Waals surface area contributed by atoms with Crippen LogP contribution in [0.25, 0.3) is 0 Å². The zero-order valence-corrected chi connectivity index (χ0v) is 18.4. The molecule has 0 saturated carbocycles. The number of amides is 2. The van der Waals surface area contributed by atoms with E-state index < -0.39 is 11.6 Å². The van der Waals surface area contributed by atoms with Gasteiger partial charge in [0.15, 0.2) is 0 Å². The third-order valence-corrected chi connectivity index (χ3v) is 6.06. The standard InChI is InChI=1S/C27H27NO4/c1-3-20-14-16-24(31-2)23(18-20)27(22-12-8-5-9-13-22)19-32-26(30)28(27)25(29)17-15-21-10-6-4-7-11-21/h4-14,16,18H,3,15,17,19H2,1-2H3/t27-/m1/s1. The summed E-state index contributed by atoms with van der Waals surface area (Å²) in [4.78, 5) is 27.8. The molecule has 0 aliphatic carbocycles. The molecule has 0 bridgehead atoms. The van der Waals surface area contributed by atoms with E-state index >= 15 is 0 Å². The van der Waals surface area contributed by atoms with Gasteiger partial charge in [0.05, 0.1) is 7.11 Å². The van der Waals surface area contributed by atoms with Crippen molar-refractivity contribution >= 4 is 12.0 Å². The highest BCUT2D eigenvalue weighted by Gasteiger charge is 2.54. The van der Waals surface area contributed by atoms with Crippen LogP contribution in [0.2, 0.25) is 0 Å². The highest BCUT2D eigenvalue weighted by molar-refractivity contribution is 5.95. The van der Waals surface area contributed by atoms with Gasteiger partial charge in [-0.25, -0.2) is 9.69 Å². The van der Waals surface area contributed by atoms with Crippen LogP contribution >= 0.6 is 0 Å². The SMILES string of the molecule is CCc1ccc(OC)c([C@]2(c3ccccc3)COC(=O)N2C(=O)CCc2ccccc2)c1. The number of hydrogen-bond donors (Lipinski definition) is 0. The Morgan fingerprint density at radius 2 is 1.69 bits per heavy atom. The summed E-state index contributed by atoms with van der Waals surface area (Å²) in [5.41, 5.74) is 2.61. The van der Waals surface area contributed by atoms with Crippen LogP contribution in [-0.2, 0) is 27.9 Å². The van der Waals surface area contributed by atoms with E-state index in [0.29, 0.717) is 12.2 Å². The molecule has 1 aliphatic heterocycles. The van der Waals surface area contributed by atoms with Gasteiger partial charge in [-0.1, -0.05) is 73.7 Å². The highest BCUT2D eigenvalue weighted by atomic mass is 16.6. The van der Waals surface area contributed by atoms with Crippen molar-refractivity contribution in [2.24, 2.45) is 0 Å². The van der Waals surface area contributed by atoms with Crippen LogP contribution in [0, 0.1) is 0 Å². The van der Waals surface area contributed by atoms with Crippen molar-refractivity contribution in [3.05, 3.63) is 101 Å². The number of carbonyl (C=O) groups is 2. The van der Waals surface area contributed by atoms with Crippen molar-refractivity contribution < 1.29 is 19.1 Å². The number of rotatable bonds is 7. The molecule has 164 valence electrons. The van der Waals surface area contributed by atoms with E-state index in [1.807, 2.05) is 78.9 Å². The summed E-state index contributed by atoms with van der Waals surface area (Å²) in [5.74, 6) is 0.342. The van der Waals surface area contributed by atoms with Gasteiger partial charge in [-0.15, -0.1) is 0 Å². The van der Waals surface area contributed by atoms with Crippen LogP contribution in [0.3, 0.4) is 0 Å². The third-order valence-electron chi connectivity index (χ3n) is 6.06. The number of benzene rings is 3. The molecule has 4 rings (SSSR count). The van der Waals surface area contributed by atoms with Crippen LogP contribution in [0.4, 0.5) is 4.79 Å². The van der Waals surface area contributed by atoms with Gasteiger partial charge in [0, 0.05) is 12.0 Å². The predicted molar refractivity (Wildman–Crippen MR) is 123 cm³/mol. The summed E-state index contributed by atoms with van der Waals surface area (Å²) in [6, 6.07) is 25.3. The Hall–Kier alpha value is -3.60. The van der Waals surface area contributed by atoms with Gasteiger partial charge in [0.25, 0.3) is 0 Å². The molecule has 1 fully saturated rings. The molecule has 0 aromatic heterocycles. The van der Waals surface area contributed by atoms with Crippen molar-refractivity contribution in [2.45, 2.75) is 31.7 Å². The Morgan fingerprint density at radius 1 is 1.00 bits per heavy atom. The number of carbonyl (C=O) groups excluding carboxylic acids is 2.